The maximum absolute atomic E-state index is 12.3. The fraction of sp³-hybridized carbons (Fsp3) is 0.533. The predicted molar refractivity (Wildman–Crippen MR) is 81.5 cm³/mol. The number of aliphatic hydroxyl groups excluding tert-OH is 1. The second-order valence-electron chi connectivity index (χ2n) is 5.43. The highest BCUT2D eigenvalue weighted by molar-refractivity contribution is 5.75. The molecule has 1 heterocycles. The van der Waals surface area contributed by atoms with Crippen LogP contribution in [0.25, 0.3) is 0 Å². The van der Waals surface area contributed by atoms with Gasteiger partial charge in [0.1, 0.15) is 0 Å². The Hall–Kier alpha value is -2.15. The summed E-state index contributed by atoms with van der Waals surface area (Å²) in [5.74, 6) is 0. The number of nitrogens with zero attached hydrogens (tertiary/aromatic N) is 2. The number of non-ortho nitro benzene ring substituents is 1. The number of benzene rings is 1. The lowest BCUT2D eigenvalue weighted by Crippen LogP contribution is -2.45. The van der Waals surface area contributed by atoms with E-state index in [4.69, 9.17) is 0 Å². The molecule has 2 N–H and O–H groups in total. The lowest BCUT2D eigenvalue weighted by molar-refractivity contribution is -0.384. The minimum absolute atomic E-state index is 0.0135. The summed E-state index contributed by atoms with van der Waals surface area (Å²) < 4.78 is 0. The number of hydrogen-bond donors (Lipinski definition) is 2. The molecule has 1 aromatic carbocycles. The van der Waals surface area contributed by atoms with E-state index in [1.807, 2.05) is 6.92 Å². The highest BCUT2D eigenvalue weighted by Crippen LogP contribution is 2.23. The minimum atomic E-state index is -0.444. The first-order chi connectivity index (χ1) is 10.6. The van der Waals surface area contributed by atoms with Gasteiger partial charge in [-0.1, -0.05) is 19.1 Å². The van der Waals surface area contributed by atoms with Crippen molar-refractivity contribution in [2.45, 2.75) is 38.3 Å². The molecule has 2 atom stereocenters. The first-order valence-electron chi connectivity index (χ1n) is 7.49. The Bertz CT molecular complexity index is 549. The number of hydrogen-bond acceptors (Lipinski definition) is 4. The SMILES string of the molecule is CCC(NC(=O)N1CCC[C@H]1CO)c1cccc([N+](=O)[O-])c1. The number of nitrogens with one attached hydrogen (secondary N) is 1. The van der Waals surface area contributed by atoms with Crippen LogP contribution in [0.3, 0.4) is 0 Å². The summed E-state index contributed by atoms with van der Waals surface area (Å²) in [6.07, 6.45) is 2.31. The summed E-state index contributed by atoms with van der Waals surface area (Å²) in [4.78, 5) is 24.4. The summed E-state index contributed by atoms with van der Waals surface area (Å²) in [7, 11) is 0. The maximum Gasteiger partial charge on any atom is 0.318 e. The Balaban J connectivity index is 2.10. The number of carbonyl (C=O) groups is 1. The average Bonchev–Trinajstić information content (AvgIpc) is 3.01. The van der Waals surface area contributed by atoms with Crippen molar-refractivity contribution in [3.8, 4) is 0 Å². The fourth-order valence-corrected chi connectivity index (χ4v) is 2.80. The van der Waals surface area contributed by atoms with Gasteiger partial charge in [0.2, 0.25) is 0 Å². The maximum atomic E-state index is 12.3. The van der Waals surface area contributed by atoms with Crippen molar-refractivity contribution in [3.05, 3.63) is 39.9 Å². The molecule has 22 heavy (non-hydrogen) atoms. The zero-order chi connectivity index (χ0) is 16.1. The van der Waals surface area contributed by atoms with Gasteiger partial charge in [0.25, 0.3) is 5.69 Å². The van der Waals surface area contributed by atoms with Crippen molar-refractivity contribution in [2.75, 3.05) is 13.2 Å². The Kier molecular flexibility index (Phi) is 5.32. The van der Waals surface area contributed by atoms with Gasteiger partial charge in [-0.2, -0.15) is 0 Å². The smallest absolute Gasteiger partial charge is 0.318 e. The van der Waals surface area contributed by atoms with E-state index in [1.165, 1.54) is 12.1 Å². The van der Waals surface area contributed by atoms with Crippen LogP contribution in [0, 0.1) is 10.1 Å². The van der Waals surface area contributed by atoms with Crippen molar-refractivity contribution < 1.29 is 14.8 Å². The van der Waals surface area contributed by atoms with E-state index >= 15 is 0 Å². The summed E-state index contributed by atoms with van der Waals surface area (Å²) in [6, 6.07) is 5.66. The van der Waals surface area contributed by atoms with E-state index < -0.39 is 4.92 Å². The third kappa shape index (κ3) is 3.54. The van der Waals surface area contributed by atoms with E-state index in [0.717, 1.165) is 12.8 Å². The largest absolute Gasteiger partial charge is 0.394 e. The van der Waals surface area contributed by atoms with Gasteiger partial charge in [-0.25, -0.2) is 4.79 Å². The van der Waals surface area contributed by atoms with Crippen LogP contribution in [-0.4, -0.2) is 40.2 Å². The molecule has 7 heteroatoms. The monoisotopic (exact) mass is 307 g/mol. The molecule has 1 saturated heterocycles. The molecule has 1 aromatic rings. The Morgan fingerprint density at radius 2 is 2.36 bits per heavy atom. The lowest BCUT2D eigenvalue weighted by atomic mass is 10.0. The molecule has 2 rings (SSSR count). The van der Waals surface area contributed by atoms with Gasteiger partial charge in [0.15, 0.2) is 0 Å². The van der Waals surface area contributed by atoms with E-state index in [-0.39, 0.29) is 30.4 Å². The summed E-state index contributed by atoms with van der Waals surface area (Å²) in [5, 5.41) is 23.1. The molecule has 1 unspecified atom stereocenters. The molecular formula is C15H21N3O4. The molecule has 1 aliphatic rings. The van der Waals surface area contributed by atoms with Crippen molar-refractivity contribution in [3.63, 3.8) is 0 Å². The molecule has 0 aromatic heterocycles. The van der Waals surface area contributed by atoms with Crippen LogP contribution >= 0.6 is 0 Å². The van der Waals surface area contributed by atoms with Crippen molar-refractivity contribution in [2.24, 2.45) is 0 Å². The molecule has 0 radical (unpaired) electrons. The van der Waals surface area contributed by atoms with Crippen molar-refractivity contribution >= 4 is 11.7 Å². The van der Waals surface area contributed by atoms with Gasteiger partial charge in [-0.05, 0) is 24.8 Å². The zero-order valence-electron chi connectivity index (χ0n) is 12.6. The molecule has 0 spiro atoms. The van der Waals surface area contributed by atoms with Crippen molar-refractivity contribution in [1.82, 2.24) is 10.2 Å². The van der Waals surface area contributed by atoms with Crippen LogP contribution < -0.4 is 5.32 Å². The van der Waals surface area contributed by atoms with Crippen LogP contribution in [0.4, 0.5) is 10.5 Å². The molecule has 0 saturated carbocycles. The number of nitro groups is 1. The number of likely N-dealkylation sites (tertiary alicyclic amines) is 1. The van der Waals surface area contributed by atoms with E-state index in [2.05, 4.69) is 5.32 Å². The zero-order valence-corrected chi connectivity index (χ0v) is 12.6. The second-order valence-corrected chi connectivity index (χ2v) is 5.43. The minimum Gasteiger partial charge on any atom is -0.394 e. The highest BCUT2D eigenvalue weighted by atomic mass is 16.6. The van der Waals surface area contributed by atoms with Crippen LogP contribution in [0.2, 0.25) is 0 Å². The van der Waals surface area contributed by atoms with E-state index in [9.17, 15) is 20.0 Å². The molecule has 0 aliphatic carbocycles. The van der Waals surface area contributed by atoms with Crippen LogP contribution in [0.15, 0.2) is 24.3 Å². The molecule has 1 fully saturated rings. The fourth-order valence-electron chi connectivity index (χ4n) is 2.80. The van der Waals surface area contributed by atoms with Gasteiger partial charge in [0.05, 0.1) is 23.6 Å². The third-order valence-electron chi connectivity index (χ3n) is 4.04. The first kappa shape index (κ1) is 16.2. The third-order valence-corrected chi connectivity index (χ3v) is 4.04. The van der Waals surface area contributed by atoms with E-state index in [1.54, 1.807) is 17.0 Å². The lowest BCUT2D eigenvalue weighted by Gasteiger charge is -2.26. The van der Waals surface area contributed by atoms with Gasteiger partial charge >= 0.3 is 6.03 Å². The quantitative estimate of drug-likeness (QED) is 0.644. The standard InChI is InChI=1S/C15H21N3O4/c1-2-14(11-5-3-6-12(9-11)18(21)22)16-15(20)17-8-4-7-13(17)10-19/h3,5-6,9,13-14,19H,2,4,7-8,10H2,1H3,(H,16,20)/t13-,14?/m0/s1. The molecular weight excluding hydrogens is 286 g/mol. The Labute approximate surface area is 129 Å². The molecule has 120 valence electrons. The van der Waals surface area contributed by atoms with Gasteiger partial charge in [0, 0.05) is 18.7 Å². The molecule has 2 amide bonds. The Morgan fingerprint density at radius 3 is 3.00 bits per heavy atom. The highest BCUT2D eigenvalue weighted by Gasteiger charge is 2.29. The number of rotatable bonds is 5. The number of amides is 2. The van der Waals surface area contributed by atoms with Gasteiger partial charge in [-0.3, -0.25) is 10.1 Å². The van der Waals surface area contributed by atoms with Crippen LogP contribution in [0.5, 0.6) is 0 Å². The normalized spacial score (nSPS) is 19.0. The summed E-state index contributed by atoms with van der Waals surface area (Å²) >= 11 is 0. The average molecular weight is 307 g/mol. The predicted octanol–water partition coefficient (Wildman–Crippen LogP) is 2.21. The van der Waals surface area contributed by atoms with Crippen molar-refractivity contribution in [1.29, 1.82) is 0 Å². The van der Waals surface area contributed by atoms with Gasteiger partial charge in [-0.15, -0.1) is 0 Å². The topological polar surface area (TPSA) is 95.7 Å². The summed E-state index contributed by atoms with van der Waals surface area (Å²) in [5.41, 5.74) is 0.726. The van der Waals surface area contributed by atoms with E-state index in [0.29, 0.717) is 18.5 Å². The van der Waals surface area contributed by atoms with Crippen LogP contribution in [0.1, 0.15) is 37.8 Å². The molecule has 7 nitrogen and oxygen atoms in total. The number of carbonyl (C=O) groups excluding carboxylic acids is 1. The number of urea groups is 1. The molecule has 1 aliphatic heterocycles. The number of nitro benzene ring substituents is 1. The second kappa shape index (κ2) is 7.22. The first-order valence-corrected chi connectivity index (χ1v) is 7.49. The Morgan fingerprint density at radius 1 is 1.59 bits per heavy atom. The summed E-state index contributed by atoms with van der Waals surface area (Å²) in [6.45, 7) is 2.50. The molecule has 0 bridgehead atoms. The van der Waals surface area contributed by atoms with Crippen LogP contribution in [-0.2, 0) is 0 Å². The number of aliphatic hydroxyl groups is 1. The van der Waals surface area contributed by atoms with Gasteiger partial charge < -0.3 is 15.3 Å².